The van der Waals surface area contributed by atoms with Gasteiger partial charge in [-0.1, -0.05) is 36.7 Å². The molecule has 21 heavy (non-hydrogen) atoms. The summed E-state index contributed by atoms with van der Waals surface area (Å²) in [5.41, 5.74) is 2.28. The Kier molecular flexibility index (Phi) is 4.32. The molecule has 3 rings (SSSR count). The van der Waals surface area contributed by atoms with Crippen LogP contribution >= 0.6 is 11.6 Å². The van der Waals surface area contributed by atoms with E-state index in [-0.39, 0.29) is 6.04 Å². The third-order valence-electron chi connectivity index (χ3n) is 3.49. The van der Waals surface area contributed by atoms with Gasteiger partial charge in [0.25, 0.3) is 0 Å². The van der Waals surface area contributed by atoms with Crippen molar-refractivity contribution in [3.8, 4) is 11.5 Å². The Morgan fingerprint density at radius 3 is 2.57 bits per heavy atom. The van der Waals surface area contributed by atoms with Gasteiger partial charge in [-0.15, -0.1) is 0 Å². The lowest BCUT2D eigenvalue weighted by Crippen LogP contribution is -2.22. The van der Waals surface area contributed by atoms with E-state index in [1.54, 1.807) is 0 Å². The highest BCUT2D eigenvalue weighted by atomic mass is 35.5. The normalized spacial score (nSPS) is 14.8. The van der Waals surface area contributed by atoms with Gasteiger partial charge < -0.3 is 14.8 Å². The van der Waals surface area contributed by atoms with Crippen LogP contribution in [0, 0.1) is 0 Å². The molecule has 1 heterocycles. The molecule has 0 amide bonds. The Balaban J connectivity index is 1.97. The molecule has 1 unspecified atom stereocenters. The summed E-state index contributed by atoms with van der Waals surface area (Å²) in [6.07, 6.45) is 0. The van der Waals surface area contributed by atoms with Crippen LogP contribution in [0.15, 0.2) is 42.5 Å². The maximum atomic E-state index is 6.12. The number of hydrogen-bond acceptors (Lipinski definition) is 3. The van der Waals surface area contributed by atoms with E-state index in [4.69, 9.17) is 21.1 Å². The molecule has 0 saturated heterocycles. The van der Waals surface area contributed by atoms with Gasteiger partial charge >= 0.3 is 0 Å². The summed E-state index contributed by atoms with van der Waals surface area (Å²) in [6.45, 7) is 4.16. The molecule has 1 N–H and O–H groups in total. The maximum Gasteiger partial charge on any atom is 0.161 e. The lowest BCUT2D eigenvalue weighted by molar-refractivity contribution is 0.171. The second kappa shape index (κ2) is 6.37. The average Bonchev–Trinajstić information content (AvgIpc) is 2.52. The lowest BCUT2D eigenvalue weighted by atomic mass is 9.98. The first-order valence-electron chi connectivity index (χ1n) is 7.16. The first-order chi connectivity index (χ1) is 10.3. The smallest absolute Gasteiger partial charge is 0.161 e. The van der Waals surface area contributed by atoms with E-state index < -0.39 is 0 Å². The fourth-order valence-electron chi connectivity index (χ4n) is 2.56. The Labute approximate surface area is 129 Å². The Morgan fingerprint density at radius 2 is 1.81 bits per heavy atom. The van der Waals surface area contributed by atoms with Crippen LogP contribution in [0.5, 0.6) is 11.5 Å². The van der Waals surface area contributed by atoms with Gasteiger partial charge in [0.05, 0.1) is 6.04 Å². The maximum absolute atomic E-state index is 6.12. The summed E-state index contributed by atoms with van der Waals surface area (Å²) in [4.78, 5) is 0. The first-order valence-corrected chi connectivity index (χ1v) is 7.54. The van der Waals surface area contributed by atoms with Crippen molar-refractivity contribution < 1.29 is 9.47 Å². The van der Waals surface area contributed by atoms with Crippen LogP contribution in [0.1, 0.15) is 24.1 Å². The minimum Gasteiger partial charge on any atom is -0.486 e. The van der Waals surface area contributed by atoms with Gasteiger partial charge in [-0.3, -0.25) is 0 Å². The summed E-state index contributed by atoms with van der Waals surface area (Å²) >= 11 is 6.12. The molecule has 0 spiro atoms. The Bertz CT molecular complexity index is 630. The predicted octanol–water partition coefficient (Wildman–Crippen LogP) is 3.81. The van der Waals surface area contributed by atoms with E-state index in [1.807, 2.05) is 30.3 Å². The van der Waals surface area contributed by atoms with E-state index in [1.165, 1.54) is 0 Å². The van der Waals surface area contributed by atoms with Crippen LogP contribution in [0.25, 0.3) is 0 Å². The van der Waals surface area contributed by atoms with Crippen molar-refractivity contribution in [2.75, 3.05) is 19.8 Å². The summed E-state index contributed by atoms with van der Waals surface area (Å²) in [5, 5.41) is 4.24. The number of ether oxygens (including phenoxy) is 2. The molecular formula is C17H18ClNO2. The standard InChI is InChI=1S/C17H18ClNO2/c1-2-19-17(12-4-3-5-14(18)10-12)13-6-7-15-16(11-13)21-9-8-20-15/h3-7,10-11,17,19H,2,8-9H2,1H3. The molecule has 1 atom stereocenters. The van der Waals surface area contributed by atoms with Crippen molar-refractivity contribution in [2.45, 2.75) is 13.0 Å². The minimum absolute atomic E-state index is 0.0875. The molecule has 1 aliphatic heterocycles. The Hall–Kier alpha value is -1.71. The zero-order valence-electron chi connectivity index (χ0n) is 11.9. The van der Waals surface area contributed by atoms with Crippen molar-refractivity contribution in [2.24, 2.45) is 0 Å². The average molecular weight is 304 g/mol. The van der Waals surface area contributed by atoms with Gasteiger partial charge in [0.15, 0.2) is 11.5 Å². The molecule has 110 valence electrons. The van der Waals surface area contributed by atoms with Gasteiger partial charge in [0.2, 0.25) is 0 Å². The quantitative estimate of drug-likeness (QED) is 0.931. The zero-order chi connectivity index (χ0) is 14.7. The number of benzene rings is 2. The van der Waals surface area contributed by atoms with Crippen molar-refractivity contribution in [1.29, 1.82) is 0 Å². The van der Waals surface area contributed by atoms with Gasteiger partial charge in [-0.2, -0.15) is 0 Å². The summed E-state index contributed by atoms with van der Waals surface area (Å²) < 4.78 is 11.2. The molecule has 0 bridgehead atoms. The van der Waals surface area contributed by atoms with Crippen molar-refractivity contribution >= 4 is 11.6 Å². The van der Waals surface area contributed by atoms with Crippen LogP contribution in [-0.2, 0) is 0 Å². The topological polar surface area (TPSA) is 30.5 Å². The number of hydrogen-bond donors (Lipinski definition) is 1. The molecule has 0 saturated carbocycles. The molecular weight excluding hydrogens is 286 g/mol. The molecule has 0 radical (unpaired) electrons. The van der Waals surface area contributed by atoms with Crippen molar-refractivity contribution in [3.05, 3.63) is 58.6 Å². The van der Waals surface area contributed by atoms with Gasteiger partial charge in [0, 0.05) is 5.02 Å². The summed E-state index contributed by atoms with van der Waals surface area (Å²) in [5.74, 6) is 1.62. The van der Waals surface area contributed by atoms with Gasteiger partial charge in [-0.25, -0.2) is 0 Å². The third-order valence-corrected chi connectivity index (χ3v) is 3.72. The van der Waals surface area contributed by atoms with E-state index in [0.717, 1.165) is 34.2 Å². The largest absolute Gasteiger partial charge is 0.486 e. The fourth-order valence-corrected chi connectivity index (χ4v) is 2.76. The highest BCUT2D eigenvalue weighted by Crippen LogP contribution is 2.34. The second-order valence-corrected chi connectivity index (χ2v) is 5.39. The monoisotopic (exact) mass is 303 g/mol. The second-order valence-electron chi connectivity index (χ2n) is 4.95. The third kappa shape index (κ3) is 3.14. The van der Waals surface area contributed by atoms with Crippen LogP contribution in [0.2, 0.25) is 5.02 Å². The highest BCUT2D eigenvalue weighted by molar-refractivity contribution is 6.30. The van der Waals surface area contributed by atoms with E-state index in [9.17, 15) is 0 Å². The van der Waals surface area contributed by atoms with Crippen molar-refractivity contribution in [3.63, 3.8) is 0 Å². The molecule has 4 heteroatoms. The van der Waals surface area contributed by atoms with Crippen LogP contribution in [0.4, 0.5) is 0 Å². The van der Waals surface area contributed by atoms with Crippen LogP contribution in [-0.4, -0.2) is 19.8 Å². The molecule has 0 aromatic heterocycles. The summed E-state index contributed by atoms with van der Waals surface area (Å²) in [7, 11) is 0. The molecule has 0 fully saturated rings. The minimum atomic E-state index is 0.0875. The first kappa shape index (κ1) is 14.2. The number of halogens is 1. The lowest BCUT2D eigenvalue weighted by Gasteiger charge is -2.23. The fraction of sp³-hybridized carbons (Fsp3) is 0.294. The molecule has 1 aliphatic rings. The van der Waals surface area contributed by atoms with Gasteiger partial charge in [-0.05, 0) is 41.9 Å². The SMILES string of the molecule is CCNC(c1cccc(Cl)c1)c1ccc2c(c1)OCCO2. The van der Waals surface area contributed by atoms with E-state index in [2.05, 4.69) is 24.4 Å². The van der Waals surface area contributed by atoms with Gasteiger partial charge in [0.1, 0.15) is 13.2 Å². The number of nitrogens with one attached hydrogen (secondary N) is 1. The molecule has 2 aromatic rings. The Morgan fingerprint density at radius 1 is 1.05 bits per heavy atom. The van der Waals surface area contributed by atoms with E-state index in [0.29, 0.717) is 13.2 Å². The van der Waals surface area contributed by atoms with Crippen molar-refractivity contribution in [1.82, 2.24) is 5.32 Å². The number of rotatable bonds is 4. The summed E-state index contributed by atoms with van der Waals surface area (Å²) in [6, 6.07) is 14.1. The zero-order valence-corrected chi connectivity index (χ0v) is 12.7. The molecule has 0 aliphatic carbocycles. The van der Waals surface area contributed by atoms with Crippen LogP contribution < -0.4 is 14.8 Å². The predicted molar refractivity (Wildman–Crippen MR) is 84.4 cm³/mol. The molecule has 2 aromatic carbocycles. The molecule has 3 nitrogen and oxygen atoms in total. The van der Waals surface area contributed by atoms with Crippen LogP contribution in [0.3, 0.4) is 0 Å². The number of fused-ring (bicyclic) bond motifs is 1. The van der Waals surface area contributed by atoms with E-state index >= 15 is 0 Å². The highest BCUT2D eigenvalue weighted by Gasteiger charge is 2.18.